The number of hydrogen-bond acceptors (Lipinski definition) is 8. The number of methoxy groups -OCH3 is 1. The number of rotatable bonds is 12. The predicted octanol–water partition coefficient (Wildman–Crippen LogP) is 2.94. The fourth-order valence-corrected chi connectivity index (χ4v) is 6.40. The van der Waals surface area contributed by atoms with Crippen LogP contribution in [0.2, 0.25) is 0 Å². The minimum atomic E-state index is -0.842. The van der Waals surface area contributed by atoms with Gasteiger partial charge in [0.2, 0.25) is 17.7 Å². The lowest BCUT2D eigenvalue weighted by Gasteiger charge is -2.27. The molecule has 0 aliphatic carbocycles. The highest BCUT2D eigenvalue weighted by atomic mass is 32.1. The largest absolute Gasteiger partial charge is 0.497 e. The Bertz CT molecular complexity index is 1250. The van der Waals surface area contributed by atoms with E-state index in [0.29, 0.717) is 13.0 Å². The van der Waals surface area contributed by atoms with Crippen molar-refractivity contribution < 1.29 is 19.1 Å². The molecule has 1 aromatic heterocycles. The molecule has 0 spiro atoms. The molecule has 11 heteroatoms. The molecule has 4 rings (SSSR count). The Morgan fingerprint density at radius 3 is 2.68 bits per heavy atom. The standard InChI is InChI=1S/C30H40N6O4S/c1-20-26(12-13-32-2)41-27(34-20)18-33-29(38)25-17-22(16-21-6-8-23(40-3)9-7-21)19-36(25)30(39)24(31)10-11-28(37)35-14-4-5-15-35/h6-9,12-13,22,24-25H,2,4-5,10-11,14-19,31H2,1,3H3,(H,33,38)/b13-12-. The average molecular weight is 581 g/mol. The normalized spacial score (nSPS) is 19.5. The lowest BCUT2D eigenvalue weighted by atomic mass is 9.96. The first kappa shape index (κ1) is 30.4. The number of hydrogen-bond donors (Lipinski definition) is 2. The van der Waals surface area contributed by atoms with Crippen molar-refractivity contribution in [3.63, 3.8) is 0 Å². The molecule has 1 aromatic carbocycles. The van der Waals surface area contributed by atoms with Gasteiger partial charge in [0, 0.05) is 32.3 Å². The second-order valence-corrected chi connectivity index (χ2v) is 11.8. The van der Waals surface area contributed by atoms with E-state index >= 15 is 0 Å². The van der Waals surface area contributed by atoms with Crippen molar-refractivity contribution >= 4 is 41.9 Å². The van der Waals surface area contributed by atoms with Gasteiger partial charge in [-0.15, -0.1) is 11.3 Å². The topological polar surface area (TPSA) is 130 Å². The molecule has 220 valence electrons. The molecule has 3 N–H and O–H groups in total. The summed E-state index contributed by atoms with van der Waals surface area (Å²) in [5.41, 5.74) is 8.29. The van der Waals surface area contributed by atoms with Crippen molar-refractivity contribution in [2.45, 2.75) is 64.1 Å². The summed E-state index contributed by atoms with van der Waals surface area (Å²) in [5, 5.41) is 3.75. The highest BCUT2D eigenvalue weighted by molar-refractivity contribution is 7.12. The van der Waals surface area contributed by atoms with Crippen LogP contribution in [-0.4, -0.2) is 78.1 Å². The third-order valence-corrected chi connectivity index (χ3v) is 8.85. The van der Waals surface area contributed by atoms with Crippen LogP contribution >= 0.6 is 11.3 Å². The Labute approximate surface area is 245 Å². The molecule has 3 amide bonds. The summed E-state index contributed by atoms with van der Waals surface area (Å²) in [7, 11) is 1.63. The molecule has 3 atom stereocenters. The second kappa shape index (κ2) is 14.4. The van der Waals surface area contributed by atoms with Crippen LogP contribution in [0.5, 0.6) is 5.75 Å². The van der Waals surface area contributed by atoms with E-state index in [1.807, 2.05) is 42.2 Å². The molecule has 2 saturated heterocycles. The van der Waals surface area contributed by atoms with Crippen LogP contribution < -0.4 is 15.8 Å². The summed E-state index contributed by atoms with van der Waals surface area (Å²) >= 11 is 1.47. The first-order valence-corrected chi connectivity index (χ1v) is 14.9. The van der Waals surface area contributed by atoms with Crippen molar-refractivity contribution in [2.24, 2.45) is 16.6 Å². The summed E-state index contributed by atoms with van der Waals surface area (Å²) in [4.78, 5) is 52.2. The summed E-state index contributed by atoms with van der Waals surface area (Å²) in [6, 6.07) is 6.35. The van der Waals surface area contributed by atoms with Gasteiger partial charge < -0.3 is 25.6 Å². The van der Waals surface area contributed by atoms with E-state index in [0.717, 1.165) is 59.2 Å². The van der Waals surface area contributed by atoms with Gasteiger partial charge in [-0.05, 0) is 75.4 Å². The number of aliphatic imine (C=N–C) groups is 1. The quantitative estimate of drug-likeness (QED) is 0.372. The van der Waals surface area contributed by atoms with Crippen LogP contribution in [0, 0.1) is 12.8 Å². The first-order chi connectivity index (χ1) is 19.8. The number of ether oxygens (including phenoxy) is 1. The van der Waals surface area contributed by atoms with Crippen molar-refractivity contribution in [2.75, 3.05) is 26.7 Å². The van der Waals surface area contributed by atoms with Crippen LogP contribution in [0.1, 0.15) is 53.2 Å². The van der Waals surface area contributed by atoms with Crippen molar-refractivity contribution in [3.8, 4) is 5.75 Å². The summed E-state index contributed by atoms with van der Waals surface area (Å²) in [5.74, 6) is 0.391. The van der Waals surface area contributed by atoms with Crippen molar-refractivity contribution in [1.82, 2.24) is 20.1 Å². The van der Waals surface area contributed by atoms with Crippen molar-refractivity contribution in [3.05, 3.63) is 51.6 Å². The molecule has 2 aromatic rings. The minimum absolute atomic E-state index is 0.0377. The molecule has 2 fully saturated rings. The van der Waals surface area contributed by atoms with Gasteiger partial charge in [0.05, 0.1) is 30.3 Å². The predicted molar refractivity (Wildman–Crippen MR) is 161 cm³/mol. The number of benzene rings is 1. The van der Waals surface area contributed by atoms with E-state index in [1.165, 1.54) is 11.3 Å². The van der Waals surface area contributed by atoms with Gasteiger partial charge in [-0.25, -0.2) is 4.98 Å². The van der Waals surface area contributed by atoms with E-state index in [2.05, 4.69) is 22.0 Å². The monoisotopic (exact) mass is 580 g/mol. The highest BCUT2D eigenvalue weighted by Gasteiger charge is 2.41. The average Bonchev–Trinajstić information content (AvgIpc) is 3.74. The fourth-order valence-electron chi connectivity index (χ4n) is 5.49. The zero-order valence-corrected chi connectivity index (χ0v) is 24.7. The lowest BCUT2D eigenvalue weighted by molar-refractivity contribution is -0.140. The second-order valence-electron chi connectivity index (χ2n) is 10.7. The smallest absolute Gasteiger partial charge is 0.243 e. The number of aryl methyl sites for hydroxylation is 1. The van der Waals surface area contributed by atoms with Gasteiger partial charge in [0.1, 0.15) is 16.8 Å². The van der Waals surface area contributed by atoms with E-state index in [9.17, 15) is 14.4 Å². The van der Waals surface area contributed by atoms with Gasteiger partial charge in [0.15, 0.2) is 0 Å². The number of carbonyl (C=O) groups excluding carboxylic acids is 3. The van der Waals surface area contributed by atoms with Crippen LogP contribution in [-0.2, 0) is 27.3 Å². The summed E-state index contributed by atoms with van der Waals surface area (Å²) in [6.07, 6.45) is 7.21. The van der Waals surface area contributed by atoms with Gasteiger partial charge in [-0.1, -0.05) is 12.1 Å². The highest BCUT2D eigenvalue weighted by Crippen LogP contribution is 2.29. The number of nitrogens with one attached hydrogen (secondary N) is 1. The molecule has 3 heterocycles. The molecule has 0 saturated carbocycles. The molecular weight excluding hydrogens is 540 g/mol. The first-order valence-electron chi connectivity index (χ1n) is 14.1. The number of carbonyl (C=O) groups is 3. The molecule has 0 radical (unpaired) electrons. The van der Waals surface area contributed by atoms with Gasteiger partial charge in [-0.3, -0.25) is 19.4 Å². The zero-order valence-electron chi connectivity index (χ0n) is 23.9. The molecule has 2 aliphatic rings. The molecular formula is C30H40N6O4S. The summed E-state index contributed by atoms with van der Waals surface area (Å²) in [6.45, 7) is 7.58. The maximum atomic E-state index is 13.5. The number of amides is 3. The maximum absolute atomic E-state index is 13.5. The Morgan fingerprint density at radius 2 is 2.00 bits per heavy atom. The van der Waals surface area contributed by atoms with Crippen molar-refractivity contribution in [1.29, 1.82) is 0 Å². The molecule has 2 aliphatic heterocycles. The molecule has 3 unspecified atom stereocenters. The molecule has 41 heavy (non-hydrogen) atoms. The zero-order chi connectivity index (χ0) is 29.4. The van der Waals surface area contributed by atoms with Gasteiger partial charge in [-0.2, -0.15) is 0 Å². The molecule has 0 bridgehead atoms. The Hall–Kier alpha value is -3.57. The van der Waals surface area contributed by atoms with Gasteiger partial charge >= 0.3 is 0 Å². The lowest BCUT2D eigenvalue weighted by Crippen LogP contribution is -2.51. The van der Waals surface area contributed by atoms with E-state index in [4.69, 9.17) is 10.5 Å². The van der Waals surface area contributed by atoms with Crippen LogP contribution in [0.3, 0.4) is 0 Å². The van der Waals surface area contributed by atoms with Crippen LogP contribution in [0.4, 0.5) is 0 Å². The number of thiazole rings is 1. The van der Waals surface area contributed by atoms with E-state index in [-0.39, 0.29) is 43.0 Å². The Balaban J connectivity index is 1.42. The Morgan fingerprint density at radius 1 is 1.27 bits per heavy atom. The van der Waals surface area contributed by atoms with Gasteiger partial charge in [0.25, 0.3) is 0 Å². The number of nitrogens with two attached hydrogens (primary N) is 1. The summed E-state index contributed by atoms with van der Waals surface area (Å²) < 4.78 is 5.26. The number of nitrogens with zero attached hydrogens (tertiary/aromatic N) is 4. The minimum Gasteiger partial charge on any atom is -0.497 e. The third-order valence-electron chi connectivity index (χ3n) is 7.72. The number of aromatic nitrogens is 1. The van der Waals surface area contributed by atoms with E-state index < -0.39 is 12.1 Å². The fraction of sp³-hybridized carbons (Fsp3) is 0.500. The molecule has 10 nitrogen and oxygen atoms in total. The van der Waals surface area contributed by atoms with Crippen LogP contribution in [0.25, 0.3) is 6.08 Å². The Kier molecular flexibility index (Phi) is 10.6. The third kappa shape index (κ3) is 8.01. The maximum Gasteiger partial charge on any atom is 0.243 e. The van der Waals surface area contributed by atoms with Crippen LogP contribution in [0.15, 0.2) is 35.5 Å². The van der Waals surface area contributed by atoms with E-state index in [1.54, 1.807) is 18.2 Å². The SMILES string of the molecule is C=N/C=C\c1sc(CNC(=O)C2CC(Cc3ccc(OC)cc3)CN2C(=O)C(N)CCC(=O)N2CCCC2)nc1C. The number of likely N-dealkylation sites (tertiary alicyclic amines) is 2.